The predicted molar refractivity (Wildman–Crippen MR) is 86.4 cm³/mol. The van der Waals surface area contributed by atoms with Crippen LogP contribution >= 0.6 is 0 Å². The van der Waals surface area contributed by atoms with E-state index >= 15 is 0 Å². The molecule has 3 unspecified atom stereocenters. The lowest BCUT2D eigenvalue weighted by Crippen LogP contribution is -2.22. The zero-order valence-electron chi connectivity index (χ0n) is 13.5. The third-order valence-electron chi connectivity index (χ3n) is 4.76. The minimum atomic E-state index is -0.744. The Morgan fingerprint density at radius 1 is 1.33 bits per heavy atom. The highest BCUT2D eigenvalue weighted by atomic mass is 16.4. The second-order valence-electron chi connectivity index (χ2n) is 7.59. The van der Waals surface area contributed by atoms with E-state index in [1.165, 1.54) is 0 Å². The number of anilines is 1. The van der Waals surface area contributed by atoms with Gasteiger partial charge in [0.1, 0.15) is 0 Å². The number of rotatable bonds is 3. The fraction of sp³-hybridized carbons (Fsp3) is 0.611. The van der Waals surface area contributed by atoms with Crippen LogP contribution in [0.25, 0.3) is 0 Å². The van der Waals surface area contributed by atoms with E-state index in [-0.39, 0.29) is 11.3 Å². The van der Waals surface area contributed by atoms with Crippen molar-refractivity contribution in [3.8, 4) is 0 Å². The van der Waals surface area contributed by atoms with Gasteiger partial charge in [-0.05, 0) is 47.3 Å². The number of benzene rings is 1. The van der Waals surface area contributed by atoms with Crippen LogP contribution in [0, 0.1) is 11.8 Å². The first-order valence-electron chi connectivity index (χ1n) is 7.83. The molecule has 1 aliphatic carbocycles. The number of nitrogens with two attached hydrogens (primary N) is 1. The van der Waals surface area contributed by atoms with Crippen molar-refractivity contribution in [2.75, 3.05) is 5.73 Å². The lowest BCUT2D eigenvalue weighted by atomic mass is 9.79. The first-order chi connectivity index (χ1) is 9.70. The van der Waals surface area contributed by atoms with Gasteiger partial charge in [-0.2, -0.15) is 0 Å². The predicted octanol–water partition coefficient (Wildman–Crippen LogP) is 4.17. The molecule has 3 heteroatoms. The molecular formula is C18H27NO2. The van der Waals surface area contributed by atoms with Crippen LogP contribution in [0.1, 0.15) is 64.0 Å². The van der Waals surface area contributed by atoms with Gasteiger partial charge in [0, 0.05) is 5.69 Å². The van der Waals surface area contributed by atoms with Gasteiger partial charge >= 0.3 is 5.97 Å². The standard InChI is InChI=1S/C18H27NO2/c1-11-5-6-12(9-11)16(17(20)21)14-10-13(18(2,3)4)7-8-15(14)19/h7-8,10-12,16H,5-6,9,19H2,1-4H3,(H,20,21). The number of hydrogen-bond acceptors (Lipinski definition) is 2. The average Bonchev–Trinajstić information content (AvgIpc) is 2.76. The van der Waals surface area contributed by atoms with Crippen LogP contribution in [0.2, 0.25) is 0 Å². The summed E-state index contributed by atoms with van der Waals surface area (Å²) in [6.07, 6.45) is 3.08. The number of hydrogen-bond donors (Lipinski definition) is 2. The molecule has 0 aliphatic heterocycles. The number of aliphatic carboxylic acids is 1. The zero-order chi connectivity index (χ0) is 15.8. The van der Waals surface area contributed by atoms with Gasteiger partial charge in [0.2, 0.25) is 0 Å². The molecule has 1 saturated carbocycles. The molecule has 0 bridgehead atoms. The van der Waals surface area contributed by atoms with Crippen LogP contribution in [-0.4, -0.2) is 11.1 Å². The minimum absolute atomic E-state index is 0.00549. The van der Waals surface area contributed by atoms with Gasteiger partial charge in [0.05, 0.1) is 5.92 Å². The summed E-state index contributed by atoms with van der Waals surface area (Å²) in [7, 11) is 0. The quantitative estimate of drug-likeness (QED) is 0.821. The van der Waals surface area contributed by atoms with Gasteiger partial charge in [-0.3, -0.25) is 4.79 Å². The maximum atomic E-state index is 11.9. The van der Waals surface area contributed by atoms with Crippen molar-refractivity contribution in [1.82, 2.24) is 0 Å². The molecule has 0 spiro atoms. The highest BCUT2D eigenvalue weighted by Crippen LogP contribution is 2.42. The first-order valence-corrected chi connectivity index (χ1v) is 7.83. The molecule has 1 aliphatic rings. The first kappa shape index (κ1) is 15.9. The van der Waals surface area contributed by atoms with E-state index in [2.05, 4.69) is 27.7 Å². The van der Waals surface area contributed by atoms with Crippen LogP contribution in [0.5, 0.6) is 0 Å². The Hall–Kier alpha value is -1.51. The van der Waals surface area contributed by atoms with Crippen molar-refractivity contribution in [2.45, 2.75) is 58.3 Å². The molecular weight excluding hydrogens is 262 g/mol. The molecule has 0 aromatic heterocycles. The topological polar surface area (TPSA) is 63.3 Å². The Balaban J connectivity index is 2.43. The molecule has 0 heterocycles. The molecule has 3 nitrogen and oxygen atoms in total. The third kappa shape index (κ3) is 3.39. The number of carbonyl (C=O) groups is 1. The van der Waals surface area contributed by atoms with Crippen LogP contribution < -0.4 is 5.73 Å². The average molecular weight is 289 g/mol. The second-order valence-corrected chi connectivity index (χ2v) is 7.59. The van der Waals surface area contributed by atoms with E-state index in [1.807, 2.05) is 18.2 Å². The summed E-state index contributed by atoms with van der Waals surface area (Å²) in [5.41, 5.74) is 8.65. The van der Waals surface area contributed by atoms with E-state index in [9.17, 15) is 9.90 Å². The van der Waals surface area contributed by atoms with Gasteiger partial charge < -0.3 is 10.8 Å². The Kier molecular flexibility index (Phi) is 4.31. The molecule has 0 saturated heterocycles. The number of carboxylic acid groups (broad SMARTS) is 1. The van der Waals surface area contributed by atoms with E-state index in [0.717, 1.165) is 30.4 Å². The maximum Gasteiger partial charge on any atom is 0.311 e. The van der Waals surface area contributed by atoms with Crippen molar-refractivity contribution in [1.29, 1.82) is 0 Å². The van der Waals surface area contributed by atoms with Gasteiger partial charge in [0.25, 0.3) is 0 Å². The Morgan fingerprint density at radius 2 is 2.00 bits per heavy atom. The zero-order valence-corrected chi connectivity index (χ0v) is 13.5. The summed E-state index contributed by atoms with van der Waals surface area (Å²) in [4.78, 5) is 11.9. The van der Waals surface area contributed by atoms with Crippen LogP contribution in [0.3, 0.4) is 0 Å². The van der Waals surface area contributed by atoms with E-state index in [0.29, 0.717) is 11.6 Å². The summed E-state index contributed by atoms with van der Waals surface area (Å²) in [6.45, 7) is 8.61. The minimum Gasteiger partial charge on any atom is -0.481 e. The Bertz CT molecular complexity index is 531. The summed E-state index contributed by atoms with van der Waals surface area (Å²) >= 11 is 0. The summed E-state index contributed by atoms with van der Waals surface area (Å²) < 4.78 is 0. The van der Waals surface area contributed by atoms with Crippen molar-refractivity contribution in [2.24, 2.45) is 11.8 Å². The second kappa shape index (κ2) is 5.70. The Morgan fingerprint density at radius 3 is 2.48 bits per heavy atom. The molecule has 1 aromatic carbocycles. The summed E-state index contributed by atoms with van der Waals surface area (Å²) in [5.74, 6) is -0.400. The normalized spacial score (nSPS) is 24.0. The lowest BCUT2D eigenvalue weighted by Gasteiger charge is -2.25. The van der Waals surface area contributed by atoms with Crippen molar-refractivity contribution in [3.05, 3.63) is 29.3 Å². The third-order valence-corrected chi connectivity index (χ3v) is 4.76. The molecule has 1 aromatic rings. The monoisotopic (exact) mass is 289 g/mol. The lowest BCUT2D eigenvalue weighted by molar-refractivity contribution is -0.140. The fourth-order valence-electron chi connectivity index (χ4n) is 3.45. The van der Waals surface area contributed by atoms with Gasteiger partial charge in [-0.15, -0.1) is 0 Å². The van der Waals surface area contributed by atoms with Crippen LogP contribution in [0.15, 0.2) is 18.2 Å². The van der Waals surface area contributed by atoms with E-state index < -0.39 is 11.9 Å². The summed E-state index contributed by atoms with van der Waals surface area (Å²) in [5, 5.41) is 9.74. The fourth-order valence-corrected chi connectivity index (χ4v) is 3.45. The molecule has 0 radical (unpaired) electrons. The molecule has 2 rings (SSSR count). The Labute approximate surface area is 127 Å². The number of nitrogen functional groups attached to an aromatic ring is 1. The van der Waals surface area contributed by atoms with Crippen LogP contribution in [0.4, 0.5) is 5.69 Å². The van der Waals surface area contributed by atoms with Gasteiger partial charge in [-0.1, -0.05) is 46.2 Å². The van der Waals surface area contributed by atoms with Crippen molar-refractivity contribution in [3.63, 3.8) is 0 Å². The molecule has 0 amide bonds. The van der Waals surface area contributed by atoms with Crippen LogP contribution in [-0.2, 0) is 10.2 Å². The molecule has 3 atom stereocenters. The molecule has 3 N–H and O–H groups in total. The van der Waals surface area contributed by atoms with Crippen molar-refractivity contribution < 1.29 is 9.90 Å². The van der Waals surface area contributed by atoms with Gasteiger partial charge in [-0.25, -0.2) is 0 Å². The largest absolute Gasteiger partial charge is 0.481 e. The summed E-state index contributed by atoms with van der Waals surface area (Å²) in [6, 6.07) is 5.89. The smallest absolute Gasteiger partial charge is 0.311 e. The SMILES string of the molecule is CC1CCC(C(C(=O)O)c2cc(C(C)(C)C)ccc2N)C1. The van der Waals surface area contributed by atoms with E-state index in [4.69, 9.17) is 5.73 Å². The molecule has 1 fully saturated rings. The highest BCUT2D eigenvalue weighted by molar-refractivity contribution is 5.79. The maximum absolute atomic E-state index is 11.9. The molecule has 116 valence electrons. The van der Waals surface area contributed by atoms with Crippen molar-refractivity contribution >= 4 is 11.7 Å². The van der Waals surface area contributed by atoms with E-state index in [1.54, 1.807) is 0 Å². The molecule has 21 heavy (non-hydrogen) atoms. The van der Waals surface area contributed by atoms with Gasteiger partial charge in [0.15, 0.2) is 0 Å². The number of carboxylic acids is 1. The highest BCUT2D eigenvalue weighted by Gasteiger charge is 2.36.